The van der Waals surface area contributed by atoms with E-state index in [2.05, 4.69) is 48.5 Å². The summed E-state index contributed by atoms with van der Waals surface area (Å²) in [7, 11) is 0. The Morgan fingerprint density at radius 1 is 1.54 bits per heavy atom. The molecule has 0 saturated heterocycles. The van der Waals surface area contributed by atoms with Crippen LogP contribution in [0.4, 0.5) is 0 Å². The molecule has 70 valence electrons. The maximum absolute atomic E-state index is 3.82. The molecule has 1 heteroatoms. The van der Waals surface area contributed by atoms with Gasteiger partial charge in [0.25, 0.3) is 0 Å². The van der Waals surface area contributed by atoms with Gasteiger partial charge in [-0.3, -0.25) is 0 Å². The van der Waals surface area contributed by atoms with Crippen molar-refractivity contribution in [3.8, 4) is 0 Å². The van der Waals surface area contributed by atoms with Gasteiger partial charge in [-0.2, -0.15) is 0 Å². The minimum atomic E-state index is 1.07. The Balaban J connectivity index is 3.06. The van der Waals surface area contributed by atoms with Gasteiger partial charge in [-0.1, -0.05) is 46.7 Å². The van der Waals surface area contributed by atoms with Crippen LogP contribution in [0.3, 0.4) is 0 Å². The van der Waals surface area contributed by atoms with E-state index in [1.165, 1.54) is 16.7 Å². The molecular formula is C12H15Br. The van der Waals surface area contributed by atoms with Gasteiger partial charge in [0.1, 0.15) is 0 Å². The smallest absolute Gasteiger partial charge is 0.0180 e. The van der Waals surface area contributed by atoms with Crippen molar-refractivity contribution in [1.29, 1.82) is 0 Å². The van der Waals surface area contributed by atoms with Crippen LogP contribution in [0.2, 0.25) is 0 Å². The lowest BCUT2D eigenvalue weighted by Crippen LogP contribution is -1.84. The minimum Gasteiger partial charge on any atom is -0.0985 e. The molecule has 0 heterocycles. The van der Waals surface area contributed by atoms with E-state index in [4.69, 9.17) is 0 Å². The van der Waals surface area contributed by atoms with Gasteiger partial charge in [0.15, 0.2) is 0 Å². The van der Waals surface area contributed by atoms with Crippen LogP contribution in [0.1, 0.15) is 26.7 Å². The molecule has 1 rings (SSSR count). The van der Waals surface area contributed by atoms with Gasteiger partial charge in [0.2, 0.25) is 0 Å². The van der Waals surface area contributed by atoms with Gasteiger partial charge in [-0.15, -0.1) is 0 Å². The van der Waals surface area contributed by atoms with Crippen molar-refractivity contribution in [2.45, 2.75) is 26.7 Å². The Hall–Kier alpha value is -0.560. The Labute approximate surface area is 88.9 Å². The summed E-state index contributed by atoms with van der Waals surface area (Å²) in [6, 6.07) is 0. The molecule has 1 aliphatic rings. The number of rotatable bonds is 2. The van der Waals surface area contributed by atoms with E-state index in [0.29, 0.717) is 0 Å². The first-order valence-electron chi connectivity index (χ1n) is 4.56. The van der Waals surface area contributed by atoms with Crippen molar-refractivity contribution in [1.82, 2.24) is 0 Å². The molecule has 0 bridgehead atoms. The van der Waals surface area contributed by atoms with Gasteiger partial charge in [0, 0.05) is 4.48 Å². The van der Waals surface area contributed by atoms with Crippen molar-refractivity contribution in [3.05, 3.63) is 46.0 Å². The molecule has 0 amide bonds. The normalized spacial score (nSPS) is 17.8. The van der Waals surface area contributed by atoms with Crippen LogP contribution in [-0.2, 0) is 0 Å². The first-order valence-corrected chi connectivity index (χ1v) is 5.35. The molecule has 0 aromatic rings. The average Bonchev–Trinajstić information content (AvgIpc) is 2.25. The SMILES string of the molecule is C=CC1=C(C)CC(CC)=CC(Br)=C1. The molecule has 13 heavy (non-hydrogen) atoms. The molecule has 0 saturated carbocycles. The summed E-state index contributed by atoms with van der Waals surface area (Å²) in [4.78, 5) is 0. The summed E-state index contributed by atoms with van der Waals surface area (Å²) < 4.78 is 1.15. The molecule has 0 radical (unpaired) electrons. The molecule has 0 aromatic heterocycles. The van der Waals surface area contributed by atoms with Crippen LogP contribution in [0.25, 0.3) is 0 Å². The summed E-state index contributed by atoms with van der Waals surface area (Å²) in [6.07, 6.45) is 8.45. The molecule has 0 fully saturated rings. The van der Waals surface area contributed by atoms with Crippen LogP contribution in [0.15, 0.2) is 46.0 Å². The highest BCUT2D eigenvalue weighted by Crippen LogP contribution is 2.27. The van der Waals surface area contributed by atoms with E-state index in [1.54, 1.807) is 0 Å². The largest absolute Gasteiger partial charge is 0.0985 e. The van der Waals surface area contributed by atoms with E-state index in [-0.39, 0.29) is 0 Å². The second kappa shape index (κ2) is 4.61. The van der Waals surface area contributed by atoms with Crippen molar-refractivity contribution in [2.75, 3.05) is 0 Å². The van der Waals surface area contributed by atoms with Crippen LogP contribution in [0, 0.1) is 0 Å². The highest BCUT2D eigenvalue weighted by atomic mass is 79.9. The summed E-state index contributed by atoms with van der Waals surface area (Å²) in [5.74, 6) is 0. The molecular weight excluding hydrogens is 224 g/mol. The van der Waals surface area contributed by atoms with Crippen LogP contribution in [-0.4, -0.2) is 0 Å². The molecule has 0 spiro atoms. The summed E-state index contributed by atoms with van der Waals surface area (Å²) >= 11 is 3.53. The molecule has 0 aliphatic heterocycles. The number of hydrogen-bond donors (Lipinski definition) is 0. The molecule has 0 nitrogen and oxygen atoms in total. The fourth-order valence-electron chi connectivity index (χ4n) is 1.46. The van der Waals surface area contributed by atoms with Gasteiger partial charge >= 0.3 is 0 Å². The predicted molar refractivity (Wildman–Crippen MR) is 62.9 cm³/mol. The van der Waals surface area contributed by atoms with E-state index in [1.807, 2.05) is 6.08 Å². The zero-order valence-electron chi connectivity index (χ0n) is 8.23. The van der Waals surface area contributed by atoms with Crippen molar-refractivity contribution in [3.63, 3.8) is 0 Å². The third kappa shape index (κ3) is 2.70. The quantitative estimate of drug-likeness (QED) is 0.665. The van der Waals surface area contributed by atoms with E-state index in [0.717, 1.165) is 17.3 Å². The first kappa shape index (κ1) is 10.5. The third-order valence-electron chi connectivity index (χ3n) is 2.29. The molecule has 0 N–H and O–H groups in total. The standard InChI is InChI=1S/C12H15Br/c1-4-10-6-9(3)11(5-2)8-12(13)7-10/h5,7-8H,2,4,6H2,1,3H3. The molecule has 0 aromatic carbocycles. The van der Waals surface area contributed by atoms with Crippen molar-refractivity contribution in [2.24, 2.45) is 0 Å². The lowest BCUT2D eigenvalue weighted by Gasteiger charge is -2.04. The summed E-state index contributed by atoms with van der Waals surface area (Å²) in [5.41, 5.74) is 4.11. The summed E-state index contributed by atoms with van der Waals surface area (Å²) in [6.45, 7) is 8.18. The molecule has 0 atom stereocenters. The number of allylic oxidation sites excluding steroid dienone is 7. The fourth-order valence-corrected chi connectivity index (χ4v) is 2.03. The van der Waals surface area contributed by atoms with Gasteiger partial charge < -0.3 is 0 Å². The van der Waals surface area contributed by atoms with E-state index in [9.17, 15) is 0 Å². The molecule has 1 aliphatic carbocycles. The lowest BCUT2D eigenvalue weighted by atomic mass is 10.0. The molecule has 0 unspecified atom stereocenters. The highest BCUT2D eigenvalue weighted by Gasteiger charge is 2.05. The van der Waals surface area contributed by atoms with Crippen molar-refractivity contribution < 1.29 is 0 Å². The van der Waals surface area contributed by atoms with Crippen LogP contribution >= 0.6 is 15.9 Å². The minimum absolute atomic E-state index is 1.07. The Morgan fingerprint density at radius 3 is 2.77 bits per heavy atom. The monoisotopic (exact) mass is 238 g/mol. The summed E-state index contributed by atoms with van der Waals surface area (Å²) in [5, 5.41) is 0. The average molecular weight is 239 g/mol. The van der Waals surface area contributed by atoms with Gasteiger partial charge in [0.05, 0.1) is 0 Å². The third-order valence-corrected chi connectivity index (χ3v) is 2.75. The van der Waals surface area contributed by atoms with Crippen molar-refractivity contribution >= 4 is 15.9 Å². The zero-order chi connectivity index (χ0) is 9.84. The predicted octanol–water partition coefficient (Wildman–Crippen LogP) is 4.51. The topological polar surface area (TPSA) is 0 Å². The number of halogens is 1. The zero-order valence-corrected chi connectivity index (χ0v) is 9.82. The van der Waals surface area contributed by atoms with Crippen LogP contribution < -0.4 is 0 Å². The second-order valence-electron chi connectivity index (χ2n) is 3.30. The first-order chi connectivity index (χ1) is 6.17. The maximum Gasteiger partial charge on any atom is 0.0180 e. The Kier molecular flexibility index (Phi) is 3.73. The lowest BCUT2D eigenvalue weighted by molar-refractivity contribution is 0.988. The number of hydrogen-bond acceptors (Lipinski definition) is 0. The highest BCUT2D eigenvalue weighted by molar-refractivity contribution is 9.11. The maximum atomic E-state index is 3.82. The van der Waals surface area contributed by atoms with E-state index >= 15 is 0 Å². The fraction of sp³-hybridized carbons (Fsp3) is 0.333. The second-order valence-corrected chi connectivity index (χ2v) is 4.22. The Morgan fingerprint density at radius 2 is 2.23 bits per heavy atom. The van der Waals surface area contributed by atoms with E-state index < -0.39 is 0 Å². The van der Waals surface area contributed by atoms with Gasteiger partial charge in [-0.25, -0.2) is 0 Å². The van der Waals surface area contributed by atoms with Gasteiger partial charge in [-0.05, 0) is 37.5 Å². The Bertz CT molecular complexity index is 303. The van der Waals surface area contributed by atoms with Crippen LogP contribution in [0.5, 0.6) is 0 Å².